The van der Waals surface area contributed by atoms with Gasteiger partial charge < -0.3 is 4.90 Å². The third kappa shape index (κ3) is 3.26. The Balaban J connectivity index is 2.01. The largest absolute Gasteiger partial charge is 0.316 e. The summed E-state index contributed by atoms with van der Waals surface area (Å²) in [5, 5.41) is 8.98. The van der Waals surface area contributed by atoms with E-state index in [2.05, 4.69) is 4.99 Å². The van der Waals surface area contributed by atoms with Crippen molar-refractivity contribution in [1.29, 1.82) is 5.26 Å². The molecule has 3 rings (SSSR count). The van der Waals surface area contributed by atoms with E-state index in [0.717, 1.165) is 11.3 Å². The maximum atomic E-state index is 11.9. The summed E-state index contributed by atoms with van der Waals surface area (Å²) in [7, 11) is -3.07. The number of rotatable bonds is 2. The average Bonchev–Trinajstić information content (AvgIpc) is 2.89. The van der Waals surface area contributed by atoms with E-state index in [4.69, 9.17) is 5.26 Å². The van der Waals surface area contributed by atoms with Crippen LogP contribution in [0.2, 0.25) is 0 Å². The van der Waals surface area contributed by atoms with Crippen LogP contribution < -0.4 is 4.90 Å². The van der Waals surface area contributed by atoms with Gasteiger partial charge in [0.25, 0.3) is 5.91 Å². The summed E-state index contributed by atoms with van der Waals surface area (Å²) in [4.78, 5) is 17.6. The summed E-state index contributed by atoms with van der Waals surface area (Å²) >= 11 is 1.31. The van der Waals surface area contributed by atoms with E-state index in [1.54, 1.807) is 6.07 Å². The van der Waals surface area contributed by atoms with Crippen LogP contribution in [0, 0.1) is 18.3 Å². The predicted octanol–water partition coefficient (Wildman–Crippen LogP) is 1.51. The van der Waals surface area contributed by atoms with Gasteiger partial charge in [0.05, 0.1) is 23.6 Å². The molecule has 1 aromatic rings. The number of amidine groups is 1. The normalized spacial score (nSPS) is 27.0. The summed E-state index contributed by atoms with van der Waals surface area (Å²) in [6.07, 6.45) is -0.278. The lowest BCUT2D eigenvalue weighted by Crippen LogP contribution is -2.37. The highest BCUT2D eigenvalue weighted by molar-refractivity contribution is 8.16. The monoisotopic (exact) mass is 349 g/mol. The van der Waals surface area contributed by atoms with Gasteiger partial charge in [-0.2, -0.15) is 10.3 Å². The molecule has 2 atom stereocenters. The maximum Gasteiger partial charge on any atom is 0.262 e. The topological polar surface area (TPSA) is 90.6 Å². The number of carbonyl (C=O) groups is 1. The second-order valence-corrected chi connectivity index (χ2v) is 8.99. The maximum absolute atomic E-state index is 11.9. The van der Waals surface area contributed by atoms with Crippen LogP contribution in [0.4, 0.5) is 5.69 Å². The van der Waals surface area contributed by atoms with Gasteiger partial charge in [0.15, 0.2) is 15.0 Å². The molecule has 0 aromatic heterocycles. The highest BCUT2D eigenvalue weighted by Gasteiger charge is 2.49. The molecule has 2 aliphatic rings. The smallest absolute Gasteiger partial charge is 0.262 e. The van der Waals surface area contributed by atoms with Crippen LogP contribution in [0.25, 0.3) is 0 Å². The molecule has 0 N–H and O–H groups in total. The highest BCUT2D eigenvalue weighted by Crippen LogP contribution is 2.41. The van der Waals surface area contributed by atoms with Crippen LogP contribution in [0.15, 0.2) is 29.3 Å². The Bertz CT molecular complexity index is 827. The summed E-state index contributed by atoms with van der Waals surface area (Å²) in [6.45, 7) is 1.95. The van der Waals surface area contributed by atoms with Crippen molar-refractivity contribution >= 4 is 38.4 Å². The standard InChI is InChI=1S/C15H15N3O3S2/c1-10-3-2-4-11(7-10)18-12-8-23(20,21)9-13(12)22-15(18)17-14(19)5-6-16/h2-4,7,12-13H,5,8-9H2,1H3/t12-,13+/m1/s1. The molecule has 2 heterocycles. The molecular formula is C15H15N3O3S2. The van der Waals surface area contributed by atoms with Crippen molar-refractivity contribution in [3.8, 4) is 6.07 Å². The number of nitriles is 1. The Kier molecular flexibility index (Phi) is 4.17. The number of anilines is 1. The molecule has 1 amide bonds. The SMILES string of the molecule is Cc1cccc(N2C(=NC(=O)CC#N)S[C@H]3CS(=O)(=O)C[C@H]32)c1. The summed E-state index contributed by atoms with van der Waals surface area (Å²) < 4.78 is 23.9. The molecule has 6 nitrogen and oxygen atoms in total. The number of benzene rings is 1. The fourth-order valence-corrected chi connectivity index (χ4v) is 6.79. The van der Waals surface area contributed by atoms with E-state index >= 15 is 0 Å². The third-order valence-electron chi connectivity index (χ3n) is 3.80. The Morgan fingerprint density at radius 3 is 2.96 bits per heavy atom. The number of thioether (sulfide) groups is 1. The molecule has 2 saturated heterocycles. The molecule has 8 heteroatoms. The van der Waals surface area contributed by atoms with Gasteiger partial charge in [0.2, 0.25) is 0 Å². The minimum atomic E-state index is -3.07. The van der Waals surface area contributed by atoms with Crippen LogP contribution in [0.1, 0.15) is 12.0 Å². The highest BCUT2D eigenvalue weighted by atomic mass is 32.2. The van der Waals surface area contributed by atoms with Gasteiger partial charge in [-0.25, -0.2) is 8.42 Å². The lowest BCUT2D eigenvalue weighted by molar-refractivity contribution is -0.116. The van der Waals surface area contributed by atoms with Crippen molar-refractivity contribution in [3.63, 3.8) is 0 Å². The molecule has 0 unspecified atom stereocenters. The second kappa shape index (κ2) is 5.98. The molecule has 0 saturated carbocycles. The van der Waals surface area contributed by atoms with Gasteiger partial charge in [-0.05, 0) is 24.6 Å². The number of carbonyl (C=O) groups excluding carboxylic acids is 1. The second-order valence-electron chi connectivity index (χ2n) is 5.63. The van der Waals surface area contributed by atoms with Crippen LogP contribution in [0.3, 0.4) is 0 Å². The van der Waals surface area contributed by atoms with E-state index in [0.29, 0.717) is 5.17 Å². The van der Waals surface area contributed by atoms with Crippen LogP contribution in [-0.4, -0.2) is 42.3 Å². The molecule has 2 fully saturated rings. The Labute approximate surface area is 139 Å². The van der Waals surface area contributed by atoms with E-state index in [-0.39, 0.29) is 29.2 Å². The first kappa shape index (κ1) is 16.0. The van der Waals surface area contributed by atoms with E-state index in [9.17, 15) is 13.2 Å². The average molecular weight is 349 g/mol. The van der Waals surface area contributed by atoms with Gasteiger partial charge >= 0.3 is 0 Å². The van der Waals surface area contributed by atoms with Gasteiger partial charge in [-0.15, -0.1) is 0 Å². The van der Waals surface area contributed by atoms with Crippen LogP contribution in [0.5, 0.6) is 0 Å². The lowest BCUT2D eigenvalue weighted by Gasteiger charge is -2.24. The first-order valence-electron chi connectivity index (χ1n) is 7.11. The molecule has 1 aromatic carbocycles. The number of fused-ring (bicyclic) bond motifs is 1. The number of hydrogen-bond donors (Lipinski definition) is 0. The number of amides is 1. The molecule has 0 aliphatic carbocycles. The van der Waals surface area contributed by atoms with Gasteiger partial charge in [-0.1, -0.05) is 23.9 Å². The van der Waals surface area contributed by atoms with Crippen LogP contribution >= 0.6 is 11.8 Å². The van der Waals surface area contributed by atoms with E-state index in [1.165, 1.54) is 11.8 Å². The van der Waals surface area contributed by atoms with Gasteiger partial charge in [0.1, 0.15) is 6.42 Å². The zero-order valence-electron chi connectivity index (χ0n) is 12.5. The number of sulfone groups is 1. The number of aliphatic imine (C=N–C) groups is 1. The van der Waals surface area contributed by atoms with E-state index in [1.807, 2.05) is 36.1 Å². The molecule has 2 aliphatic heterocycles. The Morgan fingerprint density at radius 1 is 1.48 bits per heavy atom. The quantitative estimate of drug-likeness (QED) is 0.804. The fourth-order valence-electron chi connectivity index (χ4n) is 2.86. The van der Waals surface area contributed by atoms with Crippen molar-refractivity contribution in [1.82, 2.24) is 0 Å². The fraction of sp³-hybridized carbons (Fsp3) is 0.400. The summed E-state index contributed by atoms with van der Waals surface area (Å²) in [6, 6.07) is 9.23. The van der Waals surface area contributed by atoms with Gasteiger partial charge in [0, 0.05) is 10.9 Å². The zero-order chi connectivity index (χ0) is 16.6. The molecule has 23 heavy (non-hydrogen) atoms. The molecule has 0 spiro atoms. The van der Waals surface area contributed by atoms with Gasteiger partial charge in [-0.3, -0.25) is 4.79 Å². The van der Waals surface area contributed by atoms with Crippen LogP contribution in [-0.2, 0) is 14.6 Å². The van der Waals surface area contributed by atoms with Crippen molar-refractivity contribution in [3.05, 3.63) is 29.8 Å². The first-order valence-corrected chi connectivity index (χ1v) is 9.81. The number of hydrogen-bond acceptors (Lipinski definition) is 5. The van der Waals surface area contributed by atoms with Crippen molar-refractivity contribution in [2.45, 2.75) is 24.6 Å². The molecule has 0 radical (unpaired) electrons. The number of nitrogens with zero attached hydrogens (tertiary/aromatic N) is 3. The summed E-state index contributed by atoms with van der Waals surface area (Å²) in [5.74, 6) is -0.351. The van der Waals surface area contributed by atoms with E-state index < -0.39 is 15.7 Å². The predicted molar refractivity (Wildman–Crippen MR) is 90.2 cm³/mol. The van der Waals surface area contributed by atoms with Crippen molar-refractivity contribution < 1.29 is 13.2 Å². The Morgan fingerprint density at radius 2 is 2.26 bits per heavy atom. The Hall–Kier alpha value is -1.85. The third-order valence-corrected chi connectivity index (χ3v) is 7.01. The van der Waals surface area contributed by atoms with Crippen molar-refractivity contribution in [2.75, 3.05) is 16.4 Å². The zero-order valence-corrected chi connectivity index (χ0v) is 14.1. The first-order chi connectivity index (χ1) is 10.9. The summed E-state index contributed by atoms with van der Waals surface area (Å²) in [5.41, 5.74) is 1.87. The lowest BCUT2D eigenvalue weighted by atomic mass is 10.1. The minimum Gasteiger partial charge on any atom is -0.316 e. The van der Waals surface area contributed by atoms with Crippen molar-refractivity contribution in [2.24, 2.45) is 4.99 Å². The molecule has 0 bridgehead atoms. The number of aryl methyl sites for hydroxylation is 1. The molecule has 120 valence electrons. The molecular weight excluding hydrogens is 334 g/mol. The minimum absolute atomic E-state index is 0.0596.